The number of imidazole rings is 1. The van der Waals surface area contributed by atoms with Crippen LogP contribution in [-0.2, 0) is 6.54 Å². The maximum atomic E-state index is 12.7. The van der Waals surface area contributed by atoms with Crippen molar-refractivity contribution >= 4 is 11.6 Å². The van der Waals surface area contributed by atoms with E-state index in [1.807, 2.05) is 65.2 Å². The zero-order valence-electron chi connectivity index (χ0n) is 12.8. The molecule has 1 aromatic carbocycles. The third kappa shape index (κ3) is 2.56. The Morgan fingerprint density at radius 2 is 1.88 bits per heavy atom. The summed E-state index contributed by atoms with van der Waals surface area (Å²) in [5, 5.41) is 2.86. The Morgan fingerprint density at radius 3 is 2.67 bits per heavy atom. The molecule has 24 heavy (non-hydrogen) atoms. The fourth-order valence-corrected chi connectivity index (χ4v) is 2.69. The molecule has 0 bridgehead atoms. The number of rotatable bonds is 4. The van der Waals surface area contributed by atoms with E-state index in [0.717, 1.165) is 16.9 Å². The molecule has 1 N–H and O–H groups in total. The smallest absolute Gasteiger partial charge is 0.272 e. The van der Waals surface area contributed by atoms with Gasteiger partial charge < -0.3 is 9.73 Å². The molecule has 4 aromatic rings. The molecular formula is C19H15N3O2. The van der Waals surface area contributed by atoms with Gasteiger partial charge in [0.25, 0.3) is 5.91 Å². The van der Waals surface area contributed by atoms with Crippen molar-refractivity contribution in [3.63, 3.8) is 0 Å². The zero-order valence-corrected chi connectivity index (χ0v) is 12.8. The predicted molar refractivity (Wildman–Crippen MR) is 90.5 cm³/mol. The third-order valence-electron chi connectivity index (χ3n) is 3.80. The molecule has 118 valence electrons. The summed E-state index contributed by atoms with van der Waals surface area (Å²) in [5.74, 6) is 0.474. The van der Waals surface area contributed by atoms with Crippen molar-refractivity contribution in [3.05, 3.63) is 84.6 Å². The first-order valence-corrected chi connectivity index (χ1v) is 7.66. The Balaban J connectivity index is 1.75. The van der Waals surface area contributed by atoms with Gasteiger partial charge in [-0.1, -0.05) is 36.4 Å². The summed E-state index contributed by atoms with van der Waals surface area (Å²) in [4.78, 5) is 17.2. The molecule has 0 aliphatic rings. The number of carbonyl (C=O) groups is 1. The fourth-order valence-electron chi connectivity index (χ4n) is 2.69. The summed E-state index contributed by atoms with van der Waals surface area (Å²) in [7, 11) is 0. The molecule has 0 saturated carbocycles. The Labute approximate surface area is 138 Å². The van der Waals surface area contributed by atoms with E-state index in [4.69, 9.17) is 4.42 Å². The average Bonchev–Trinajstić information content (AvgIpc) is 3.28. The van der Waals surface area contributed by atoms with Gasteiger partial charge in [0.15, 0.2) is 5.69 Å². The SMILES string of the molecule is O=C(NCc1ccco1)c1nc2ccccn2c1-c1ccccc1. The molecular weight excluding hydrogens is 302 g/mol. The molecule has 1 amide bonds. The van der Waals surface area contributed by atoms with Gasteiger partial charge in [0.05, 0.1) is 18.5 Å². The second-order valence-electron chi connectivity index (χ2n) is 5.37. The summed E-state index contributed by atoms with van der Waals surface area (Å²) in [6.45, 7) is 0.327. The van der Waals surface area contributed by atoms with Gasteiger partial charge in [-0.3, -0.25) is 9.20 Å². The number of fused-ring (bicyclic) bond motifs is 1. The maximum absolute atomic E-state index is 12.7. The van der Waals surface area contributed by atoms with Crippen molar-refractivity contribution in [1.82, 2.24) is 14.7 Å². The van der Waals surface area contributed by atoms with E-state index in [-0.39, 0.29) is 5.91 Å². The average molecular weight is 317 g/mol. The molecule has 4 rings (SSSR count). The Morgan fingerprint density at radius 1 is 1.04 bits per heavy atom. The first kappa shape index (κ1) is 14.3. The normalized spacial score (nSPS) is 10.8. The molecule has 3 heterocycles. The standard InChI is InChI=1S/C19H15N3O2/c23-19(20-13-15-9-6-12-24-15)17-18(14-7-2-1-3-8-14)22-11-5-4-10-16(22)21-17/h1-12H,13H2,(H,20,23). The number of hydrogen-bond acceptors (Lipinski definition) is 3. The second-order valence-corrected chi connectivity index (χ2v) is 5.37. The number of amides is 1. The minimum Gasteiger partial charge on any atom is -0.467 e. The molecule has 5 nitrogen and oxygen atoms in total. The lowest BCUT2D eigenvalue weighted by Gasteiger charge is -2.06. The second kappa shape index (κ2) is 6.04. The first-order valence-electron chi connectivity index (χ1n) is 7.66. The number of pyridine rings is 1. The summed E-state index contributed by atoms with van der Waals surface area (Å²) < 4.78 is 7.18. The largest absolute Gasteiger partial charge is 0.467 e. The van der Waals surface area contributed by atoms with Crippen LogP contribution in [-0.4, -0.2) is 15.3 Å². The molecule has 0 aliphatic carbocycles. The van der Waals surface area contributed by atoms with Crippen LogP contribution in [0.25, 0.3) is 16.9 Å². The molecule has 0 atom stereocenters. The highest BCUT2D eigenvalue weighted by Crippen LogP contribution is 2.25. The van der Waals surface area contributed by atoms with E-state index in [2.05, 4.69) is 10.3 Å². The van der Waals surface area contributed by atoms with Gasteiger partial charge in [-0.25, -0.2) is 4.98 Å². The minimum absolute atomic E-state index is 0.228. The molecule has 0 aliphatic heterocycles. The quantitative estimate of drug-likeness (QED) is 0.626. The number of aromatic nitrogens is 2. The van der Waals surface area contributed by atoms with E-state index >= 15 is 0 Å². The monoisotopic (exact) mass is 317 g/mol. The lowest BCUT2D eigenvalue weighted by Crippen LogP contribution is -2.23. The molecule has 0 unspecified atom stereocenters. The first-order chi connectivity index (χ1) is 11.8. The van der Waals surface area contributed by atoms with Gasteiger partial charge in [0, 0.05) is 11.8 Å². The third-order valence-corrected chi connectivity index (χ3v) is 3.80. The number of carbonyl (C=O) groups excluding carboxylic acids is 1. The van der Waals surface area contributed by atoms with Crippen LogP contribution in [0.4, 0.5) is 0 Å². The van der Waals surface area contributed by atoms with Crippen molar-refractivity contribution in [2.45, 2.75) is 6.54 Å². The van der Waals surface area contributed by atoms with Crippen molar-refractivity contribution in [2.24, 2.45) is 0 Å². The van der Waals surface area contributed by atoms with Crippen LogP contribution in [0.5, 0.6) is 0 Å². The highest BCUT2D eigenvalue weighted by atomic mass is 16.3. The topological polar surface area (TPSA) is 59.5 Å². The lowest BCUT2D eigenvalue weighted by molar-refractivity contribution is 0.0944. The Bertz CT molecular complexity index is 972. The van der Waals surface area contributed by atoms with E-state index in [9.17, 15) is 4.79 Å². The van der Waals surface area contributed by atoms with Crippen molar-refractivity contribution in [2.75, 3.05) is 0 Å². The van der Waals surface area contributed by atoms with Crippen LogP contribution in [0.2, 0.25) is 0 Å². The number of benzene rings is 1. The van der Waals surface area contributed by atoms with Gasteiger partial charge >= 0.3 is 0 Å². The summed E-state index contributed by atoms with van der Waals surface area (Å²) >= 11 is 0. The van der Waals surface area contributed by atoms with Crippen LogP contribution in [0.15, 0.2) is 77.5 Å². The highest BCUT2D eigenvalue weighted by molar-refractivity contribution is 5.99. The van der Waals surface area contributed by atoms with Crippen molar-refractivity contribution < 1.29 is 9.21 Å². The van der Waals surface area contributed by atoms with E-state index < -0.39 is 0 Å². The Kier molecular flexibility index (Phi) is 3.59. The van der Waals surface area contributed by atoms with E-state index in [1.54, 1.807) is 12.3 Å². The molecule has 0 fully saturated rings. The number of nitrogens with one attached hydrogen (secondary N) is 1. The van der Waals surface area contributed by atoms with Gasteiger partial charge in [0.2, 0.25) is 0 Å². The minimum atomic E-state index is -0.228. The summed E-state index contributed by atoms with van der Waals surface area (Å²) in [6.07, 6.45) is 3.50. The molecule has 0 spiro atoms. The zero-order chi connectivity index (χ0) is 16.4. The summed E-state index contributed by atoms with van der Waals surface area (Å²) in [5.41, 5.74) is 2.86. The molecule has 0 radical (unpaired) electrons. The van der Waals surface area contributed by atoms with Gasteiger partial charge in [-0.2, -0.15) is 0 Å². The highest BCUT2D eigenvalue weighted by Gasteiger charge is 2.20. The van der Waals surface area contributed by atoms with Crippen LogP contribution < -0.4 is 5.32 Å². The van der Waals surface area contributed by atoms with Gasteiger partial charge in [0.1, 0.15) is 11.4 Å². The van der Waals surface area contributed by atoms with Gasteiger partial charge in [-0.15, -0.1) is 0 Å². The van der Waals surface area contributed by atoms with Crippen molar-refractivity contribution in [3.8, 4) is 11.3 Å². The molecule has 0 saturated heterocycles. The molecule has 3 aromatic heterocycles. The van der Waals surface area contributed by atoms with Crippen LogP contribution in [0.3, 0.4) is 0 Å². The fraction of sp³-hybridized carbons (Fsp3) is 0.0526. The Hall–Kier alpha value is -3.34. The summed E-state index contributed by atoms with van der Waals surface area (Å²) in [6, 6.07) is 19.1. The molecule has 5 heteroatoms. The van der Waals surface area contributed by atoms with Crippen molar-refractivity contribution in [1.29, 1.82) is 0 Å². The number of hydrogen-bond donors (Lipinski definition) is 1. The predicted octanol–water partition coefficient (Wildman–Crippen LogP) is 3.52. The lowest BCUT2D eigenvalue weighted by atomic mass is 10.1. The number of nitrogens with zero attached hydrogens (tertiary/aromatic N) is 2. The van der Waals surface area contributed by atoms with E-state index in [1.165, 1.54) is 0 Å². The maximum Gasteiger partial charge on any atom is 0.272 e. The van der Waals surface area contributed by atoms with Crippen LogP contribution in [0, 0.1) is 0 Å². The van der Waals surface area contributed by atoms with Crippen LogP contribution in [0.1, 0.15) is 16.2 Å². The number of furan rings is 1. The van der Waals surface area contributed by atoms with Crippen LogP contribution >= 0.6 is 0 Å². The van der Waals surface area contributed by atoms with E-state index in [0.29, 0.717) is 18.0 Å². The van der Waals surface area contributed by atoms with Gasteiger partial charge in [-0.05, 0) is 24.3 Å².